The lowest BCUT2D eigenvalue weighted by molar-refractivity contribution is -0.173. The zero-order chi connectivity index (χ0) is 29.1. The van der Waals surface area contributed by atoms with Gasteiger partial charge >= 0.3 is 0 Å². The Balaban J connectivity index is 1.31. The van der Waals surface area contributed by atoms with Crippen LogP contribution >= 0.6 is 0 Å². The Morgan fingerprint density at radius 3 is 2.34 bits per heavy atom. The molecule has 0 radical (unpaired) electrons. The SMILES string of the molecule is CCCC(NC(=O)C1C(=O)C(CC)(CC)[C@@H]1Oc1ccc(C(=O)N2CCN(C)CC2)cc1)c1ccc2c(c1)OCO2. The fourth-order valence-electron chi connectivity index (χ4n) is 6.27. The van der Waals surface area contributed by atoms with E-state index in [4.69, 9.17) is 14.2 Å². The van der Waals surface area contributed by atoms with Gasteiger partial charge in [0.05, 0.1) is 11.5 Å². The van der Waals surface area contributed by atoms with E-state index < -0.39 is 17.4 Å². The molecule has 0 aromatic heterocycles. The second kappa shape index (κ2) is 12.1. The van der Waals surface area contributed by atoms with E-state index in [1.54, 1.807) is 24.3 Å². The van der Waals surface area contributed by atoms with Gasteiger partial charge in [0.2, 0.25) is 12.7 Å². The van der Waals surface area contributed by atoms with Crippen molar-refractivity contribution in [3.63, 3.8) is 0 Å². The highest BCUT2D eigenvalue weighted by molar-refractivity contribution is 6.10. The molecular weight excluding hydrogens is 522 g/mol. The van der Waals surface area contributed by atoms with E-state index in [0.717, 1.165) is 25.1 Å². The molecule has 2 fully saturated rings. The average molecular weight is 564 g/mol. The third-order valence-corrected chi connectivity index (χ3v) is 9.01. The fraction of sp³-hybridized carbons (Fsp3) is 0.531. The number of benzene rings is 2. The summed E-state index contributed by atoms with van der Waals surface area (Å²) < 4.78 is 17.4. The van der Waals surface area contributed by atoms with E-state index in [-0.39, 0.29) is 30.4 Å². The first-order valence-corrected chi connectivity index (χ1v) is 14.8. The average Bonchev–Trinajstić information content (AvgIpc) is 3.46. The molecule has 2 aliphatic heterocycles. The number of amides is 2. The summed E-state index contributed by atoms with van der Waals surface area (Å²) in [6.45, 7) is 9.30. The molecule has 2 aromatic carbocycles. The van der Waals surface area contributed by atoms with E-state index in [2.05, 4.69) is 24.2 Å². The van der Waals surface area contributed by atoms with E-state index in [0.29, 0.717) is 55.2 Å². The number of hydrogen-bond donors (Lipinski definition) is 1. The molecule has 2 aromatic rings. The normalized spacial score (nSPS) is 22.1. The lowest BCUT2D eigenvalue weighted by Gasteiger charge is -2.51. The Labute approximate surface area is 242 Å². The number of nitrogens with zero attached hydrogens (tertiary/aromatic N) is 2. The quantitative estimate of drug-likeness (QED) is 0.433. The Kier molecular flexibility index (Phi) is 8.54. The summed E-state index contributed by atoms with van der Waals surface area (Å²) in [6.07, 6.45) is 2.13. The van der Waals surface area contributed by atoms with Gasteiger partial charge in [-0.05, 0) is 68.3 Å². The summed E-state index contributed by atoms with van der Waals surface area (Å²) in [5.74, 6) is 0.581. The summed E-state index contributed by atoms with van der Waals surface area (Å²) in [7, 11) is 2.06. The lowest BCUT2D eigenvalue weighted by atomic mass is 9.55. The topological polar surface area (TPSA) is 97.4 Å². The van der Waals surface area contributed by atoms with Crippen LogP contribution in [0.2, 0.25) is 0 Å². The van der Waals surface area contributed by atoms with Crippen molar-refractivity contribution in [3.05, 3.63) is 53.6 Å². The molecule has 2 amide bonds. The Bertz CT molecular complexity index is 1270. The largest absolute Gasteiger partial charge is 0.488 e. The smallest absolute Gasteiger partial charge is 0.253 e. The molecule has 41 heavy (non-hydrogen) atoms. The van der Waals surface area contributed by atoms with Crippen LogP contribution in [0.15, 0.2) is 42.5 Å². The second-order valence-corrected chi connectivity index (χ2v) is 11.3. The number of fused-ring (bicyclic) bond motifs is 1. The number of ketones is 1. The zero-order valence-electron chi connectivity index (χ0n) is 24.5. The van der Waals surface area contributed by atoms with Crippen molar-refractivity contribution in [2.24, 2.45) is 11.3 Å². The van der Waals surface area contributed by atoms with Crippen molar-refractivity contribution in [1.29, 1.82) is 0 Å². The van der Waals surface area contributed by atoms with Crippen molar-refractivity contribution < 1.29 is 28.6 Å². The van der Waals surface area contributed by atoms with E-state index in [1.807, 2.05) is 36.9 Å². The minimum Gasteiger partial charge on any atom is -0.488 e. The predicted octanol–water partition coefficient (Wildman–Crippen LogP) is 4.21. The van der Waals surface area contributed by atoms with Gasteiger partial charge in [-0.15, -0.1) is 0 Å². The minimum absolute atomic E-state index is 0.00247. The molecule has 1 N–H and O–H groups in total. The molecule has 3 atom stereocenters. The number of hydrogen-bond acceptors (Lipinski definition) is 7. The van der Waals surface area contributed by atoms with Gasteiger partial charge in [0.25, 0.3) is 5.91 Å². The van der Waals surface area contributed by atoms with Crippen LogP contribution in [-0.2, 0) is 9.59 Å². The highest BCUT2D eigenvalue weighted by Crippen LogP contribution is 2.50. The minimum atomic E-state index is -0.907. The Morgan fingerprint density at radius 2 is 1.68 bits per heavy atom. The van der Waals surface area contributed by atoms with Crippen molar-refractivity contribution in [1.82, 2.24) is 15.1 Å². The van der Waals surface area contributed by atoms with Crippen molar-refractivity contribution in [2.75, 3.05) is 40.0 Å². The molecule has 0 bridgehead atoms. The third kappa shape index (κ3) is 5.52. The lowest BCUT2D eigenvalue weighted by Crippen LogP contribution is -2.68. The number of rotatable bonds is 10. The predicted molar refractivity (Wildman–Crippen MR) is 154 cm³/mol. The molecule has 1 saturated carbocycles. The first-order valence-electron chi connectivity index (χ1n) is 14.8. The van der Waals surface area contributed by atoms with Crippen LogP contribution < -0.4 is 19.5 Å². The third-order valence-electron chi connectivity index (χ3n) is 9.01. The van der Waals surface area contributed by atoms with Gasteiger partial charge in [0.1, 0.15) is 17.8 Å². The van der Waals surface area contributed by atoms with Crippen molar-refractivity contribution in [2.45, 2.75) is 58.6 Å². The fourth-order valence-corrected chi connectivity index (χ4v) is 6.27. The van der Waals surface area contributed by atoms with Gasteiger partial charge in [-0.3, -0.25) is 14.4 Å². The summed E-state index contributed by atoms with van der Waals surface area (Å²) in [5.41, 5.74) is 0.783. The van der Waals surface area contributed by atoms with Gasteiger partial charge in [-0.2, -0.15) is 0 Å². The summed E-state index contributed by atoms with van der Waals surface area (Å²) in [5, 5.41) is 3.13. The second-order valence-electron chi connectivity index (χ2n) is 11.3. The number of piperazine rings is 1. The highest BCUT2D eigenvalue weighted by Gasteiger charge is 2.64. The maximum absolute atomic E-state index is 13.7. The summed E-state index contributed by atoms with van der Waals surface area (Å²) in [6, 6.07) is 12.5. The summed E-state index contributed by atoms with van der Waals surface area (Å²) >= 11 is 0. The van der Waals surface area contributed by atoms with Crippen LogP contribution in [0.4, 0.5) is 0 Å². The number of Topliss-reactive ketones (excluding diaryl/α,β-unsaturated/α-hetero) is 1. The van der Waals surface area contributed by atoms with Gasteiger partial charge < -0.3 is 29.3 Å². The first-order chi connectivity index (χ1) is 19.8. The Morgan fingerprint density at radius 1 is 1.00 bits per heavy atom. The van der Waals surface area contributed by atoms with Crippen LogP contribution in [0.25, 0.3) is 0 Å². The number of ether oxygens (including phenoxy) is 3. The molecule has 2 heterocycles. The number of likely N-dealkylation sites (N-methyl/N-ethyl adjacent to an activating group) is 1. The van der Waals surface area contributed by atoms with Crippen molar-refractivity contribution >= 4 is 17.6 Å². The standard InChI is InChI=1S/C32H41N3O6/c1-5-8-24(22-11-14-25-26(19-22)40-20-39-25)33-30(37)27-28(36)32(6-2,7-3)29(27)41-23-12-9-21(10-13-23)31(38)35-17-15-34(4)16-18-35/h9-14,19,24,27,29H,5-8,15-18,20H2,1-4H3,(H,33,37)/t24?,27?,29-/m1/s1. The maximum Gasteiger partial charge on any atom is 0.253 e. The van der Waals surface area contributed by atoms with Gasteiger partial charge in [-0.1, -0.05) is 33.3 Å². The van der Waals surface area contributed by atoms with Crippen LogP contribution in [0.1, 0.15) is 68.4 Å². The van der Waals surface area contributed by atoms with E-state index >= 15 is 0 Å². The molecule has 5 rings (SSSR count). The van der Waals surface area contributed by atoms with Crippen LogP contribution in [0, 0.1) is 11.3 Å². The molecule has 9 nitrogen and oxygen atoms in total. The number of carbonyl (C=O) groups is 3. The van der Waals surface area contributed by atoms with Gasteiger partial charge in [-0.25, -0.2) is 0 Å². The summed E-state index contributed by atoms with van der Waals surface area (Å²) in [4.78, 5) is 44.2. The van der Waals surface area contributed by atoms with Crippen LogP contribution in [-0.4, -0.2) is 73.5 Å². The monoisotopic (exact) mass is 563 g/mol. The molecule has 1 saturated heterocycles. The zero-order valence-corrected chi connectivity index (χ0v) is 24.5. The molecule has 3 aliphatic rings. The molecule has 1 aliphatic carbocycles. The van der Waals surface area contributed by atoms with Gasteiger partial charge in [0.15, 0.2) is 17.3 Å². The van der Waals surface area contributed by atoms with Crippen molar-refractivity contribution in [3.8, 4) is 17.2 Å². The highest BCUT2D eigenvalue weighted by atomic mass is 16.7. The molecule has 220 valence electrons. The Hall–Kier alpha value is -3.59. The number of nitrogens with one attached hydrogen (secondary N) is 1. The maximum atomic E-state index is 13.7. The molecule has 2 unspecified atom stereocenters. The molecule has 0 spiro atoms. The molecule has 9 heteroatoms. The number of carbonyl (C=O) groups excluding carboxylic acids is 3. The van der Waals surface area contributed by atoms with Crippen LogP contribution in [0.3, 0.4) is 0 Å². The van der Waals surface area contributed by atoms with Crippen LogP contribution in [0.5, 0.6) is 17.2 Å². The molecular formula is C32H41N3O6. The van der Waals surface area contributed by atoms with E-state index in [1.165, 1.54) is 0 Å². The van der Waals surface area contributed by atoms with E-state index in [9.17, 15) is 14.4 Å². The first kappa shape index (κ1) is 28.9. The van der Waals surface area contributed by atoms with Gasteiger partial charge in [0, 0.05) is 31.7 Å².